The highest BCUT2D eigenvalue weighted by Crippen LogP contribution is 2.56. The Morgan fingerprint density at radius 3 is 2.47 bits per heavy atom. The summed E-state index contributed by atoms with van der Waals surface area (Å²) in [6.45, 7) is 7.23. The van der Waals surface area contributed by atoms with Crippen molar-refractivity contribution in [3.63, 3.8) is 0 Å². The average molecular weight is 238 g/mol. The normalized spacial score (nSPS) is 36.9. The molecule has 17 heavy (non-hydrogen) atoms. The van der Waals surface area contributed by atoms with Crippen LogP contribution in [-0.4, -0.2) is 23.4 Å². The minimum Gasteiger partial charge on any atom is -0.396 e. The zero-order chi connectivity index (χ0) is 12.7. The monoisotopic (exact) mass is 238 g/mol. The molecule has 2 atom stereocenters. The number of hydrogen-bond donors (Lipinski definition) is 2. The molecular weight excluding hydrogens is 212 g/mol. The van der Waals surface area contributed by atoms with Crippen LogP contribution in [0, 0.1) is 16.7 Å². The van der Waals surface area contributed by atoms with Crippen LogP contribution in [-0.2, 0) is 0 Å². The summed E-state index contributed by atoms with van der Waals surface area (Å²) in [5.74, 6) is 0.398. The first kappa shape index (κ1) is 13.1. The second-order valence-electron chi connectivity index (χ2n) is 6.91. The molecule has 0 spiro atoms. The predicted molar refractivity (Wildman–Crippen MR) is 69.7 cm³/mol. The van der Waals surface area contributed by atoms with Crippen LogP contribution < -0.4 is 0 Å². The Hall–Kier alpha value is -0.340. The molecule has 0 bridgehead atoms. The Morgan fingerprint density at radius 2 is 1.88 bits per heavy atom. The number of rotatable bonds is 2. The first-order chi connectivity index (χ1) is 7.94. The van der Waals surface area contributed by atoms with Crippen molar-refractivity contribution >= 4 is 0 Å². The van der Waals surface area contributed by atoms with Crippen molar-refractivity contribution < 1.29 is 10.2 Å². The van der Waals surface area contributed by atoms with Crippen LogP contribution in [0.5, 0.6) is 0 Å². The molecule has 0 aliphatic heterocycles. The van der Waals surface area contributed by atoms with Gasteiger partial charge in [-0.2, -0.15) is 0 Å². The smallest absolute Gasteiger partial charge is 0.0647 e. The van der Waals surface area contributed by atoms with Gasteiger partial charge in [0, 0.05) is 12.0 Å². The highest BCUT2D eigenvalue weighted by atomic mass is 16.3. The Morgan fingerprint density at radius 1 is 1.18 bits per heavy atom. The van der Waals surface area contributed by atoms with E-state index >= 15 is 0 Å². The maximum Gasteiger partial charge on any atom is 0.0647 e. The fourth-order valence-corrected chi connectivity index (χ4v) is 3.83. The fraction of sp³-hybridized carbons (Fsp3) is 0.867. The molecule has 0 aromatic carbocycles. The van der Waals surface area contributed by atoms with Crippen LogP contribution in [0.15, 0.2) is 11.1 Å². The Kier molecular flexibility index (Phi) is 3.39. The molecule has 1 fully saturated rings. The van der Waals surface area contributed by atoms with Gasteiger partial charge in [-0.05, 0) is 55.9 Å². The maximum atomic E-state index is 9.84. The van der Waals surface area contributed by atoms with E-state index in [9.17, 15) is 10.2 Å². The molecule has 0 unspecified atom stereocenters. The van der Waals surface area contributed by atoms with Gasteiger partial charge >= 0.3 is 0 Å². The zero-order valence-electron chi connectivity index (χ0n) is 11.4. The van der Waals surface area contributed by atoms with Gasteiger partial charge in [-0.15, -0.1) is 0 Å². The zero-order valence-corrected chi connectivity index (χ0v) is 11.4. The molecule has 0 radical (unpaired) electrons. The summed E-state index contributed by atoms with van der Waals surface area (Å²) >= 11 is 0. The number of aliphatic hydroxyl groups is 2. The molecule has 0 saturated heterocycles. The molecule has 2 nitrogen and oxygen atoms in total. The molecule has 2 aliphatic carbocycles. The highest BCUT2D eigenvalue weighted by molar-refractivity contribution is 5.24. The van der Waals surface area contributed by atoms with E-state index in [4.69, 9.17) is 0 Å². The number of fused-ring (bicyclic) bond motifs is 1. The summed E-state index contributed by atoms with van der Waals surface area (Å²) in [4.78, 5) is 0. The summed E-state index contributed by atoms with van der Waals surface area (Å²) in [6, 6.07) is 0. The third-order valence-corrected chi connectivity index (χ3v) is 5.25. The van der Waals surface area contributed by atoms with Crippen molar-refractivity contribution in [3.05, 3.63) is 11.1 Å². The molecule has 2 heteroatoms. The first-order valence-corrected chi connectivity index (χ1v) is 6.84. The molecule has 2 N–H and O–H groups in total. The van der Waals surface area contributed by atoms with Gasteiger partial charge in [-0.3, -0.25) is 0 Å². The molecule has 0 heterocycles. The van der Waals surface area contributed by atoms with Crippen molar-refractivity contribution in [2.24, 2.45) is 16.7 Å². The van der Waals surface area contributed by atoms with Gasteiger partial charge in [-0.1, -0.05) is 19.4 Å². The van der Waals surface area contributed by atoms with Crippen molar-refractivity contribution in [1.82, 2.24) is 0 Å². The molecular formula is C15H26O2. The van der Waals surface area contributed by atoms with Gasteiger partial charge in [0.2, 0.25) is 0 Å². The van der Waals surface area contributed by atoms with Crippen molar-refractivity contribution in [2.75, 3.05) is 13.2 Å². The van der Waals surface area contributed by atoms with Crippen molar-refractivity contribution in [1.29, 1.82) is 0 Å². The largest absolute Gasteiger partial charge is 0.396 e. The average Bonchev–Trinajstić information content (AvgIpc) is 2.29. The molecule has 1 saturated carbocycles. The van der Waals surface area contributed by atoms with E-state index in [1.54, 1.807) is 0 Å². The first-order valence-electron chi connectivity index (χ1n) is 6.84. The van der Waals surface area contributed by atoms with E-state index in [2.05, 4.69) is 20.8 Å². The second kappa shape index (κ2) is 4.40. The lowest BCUT2D eigenvalue weighted by atomic mass is 9.53. The summed E-state index contributed by atoms with van der Waals surface area (Å²) in [5.41, 5.74) is 2.99. The van der Waals surface area contributed by atoms with E-state index in [0.29, 0.717) is 11.3 Å². The summed E-state index contributed by atoms with van der Waals surface area (Å²) < 4.78 is 0. The summed E-state index contributed by atoms with van der Waals surface area (Å²) in [6.07, 6.45) is 5.56. The van der Waals surface area contributed by atoms with Crippen LogP contribution in [0.1, 0.15) is 52.9 Å². The van der Waals surface area contributed by atoms with E-state index in [1.165, 1.54) is 17.6 Å². The van der Waals surface area contributed by atoms with Crippen molar-refractivity contribution in [3.8, 4) is 0 Å². The van der Waals surface area contributed by atoms with Crippen molar-refractivity contribution in [2.45, 2.75) is 52.9 Å². The van der Waals surface area contributed by atoms with Crippen LogP contribution in [0.2, 0.25) is 0 Å². The standard InChI is InChI=1S/C15H26O2/c1-11-4-5-15(10-17)7-6-14(2,3)8-13(15)12(11)9-16/h13,16-17H,4-10H2,1-3H3/t13-,15-/m0/s1. The van der Waals surface area contributed by atoms with E-state index in [0.717, 1.165) is 25.7 Å². The van der Waals surface area contributed by atoms with E-state index in [1.807, 2.05) is 0 Å². The van der Waals surface area contributed by atoms with Crippen LogP contribution >= 0.6 is 0 Å². The van der Waals surface area contributed by atoms with Crippen LogP contribution in [0.4, 0.5) is 0 Å². The van der Waals surface area contributed by atoms with E-state index < -0.39 is 0 Å². The summed E-state index contributed by atoms with van der Waals surface area (Å²) in [7, 11) is 0. The van der Waals surface area contributed by atoms with Crippen LogP contribution in [0.25, 0.3) is 0 Å². The molecule has 0 amide bonds. The summed E-state index contributed by atoms with van der Waals surface area (Å²) in [5, 5.41) is 19.5. The molecule has 0 aromatic rings. The minimum absolute atomic E-state index is 0.0626. The van der Waals surface area contributed by atoms with Gasteiger partial charge < -0.3 is 10.2 Å². The second-order valence-corrected chi connectivity index (χ2v) is 6.91. The topological polar surface area (TPSA) is 40.5 Å². The molecule has 2 rings (SSSR count). The van der Waals surface area contributed by atoms with E-state index in [-0.39, 0.29) is 18.6 Å². The Balaban J connectivity index is 2.36. The molecule has 2 aliphatic rings. The number of aliphatic hydroxyl groups excluding tert-OH is 2. The maximum absolute atomic E-state index is 9.84. The highest BCUT2D eigenvalue weighted by Gasteiger charge is 2.48. The van der Waals surface area contributed by atoms with Gasteiger partial charge in [0.25, 0.3) is 0 Å². The molecule has 98 valence electrons. The lowest BCUT2D eigenvalue weighted by molar-refractivity contribution is -0.0194. The van der Waals surface area contributed by atoms with Gasteiger partial charge in [0.1, 0.15) is 0 Å². The Bertz CT molecular complexity index is 330. The van der Waals surface area contributed by atoms with Gasteiger partial charge in [0.05, 0.1) is 6.61 Å². The lowest BCUT2D eigenvalue weighted by Crippen LogP contribution is -2.45. The SMILES string of the molecule is CC1=C(CO)[C@@H]2CC(C)(C)CC[C@]2(CO)CC1. The van der Waals surface area contributed by atoms with Crippen LogP contribution in [0.3, 0.4) is 0 Å². The Labute approximate surface area is 105 Å². The lowest BCUT2D eigenvalue weighted by Gasteiger charge is -2.52. The number of allylic oxidation sites excluding steroid dienone is 1. The molecule has 0 aromatic heterocycles. The minimum atomic E-state index is 0.0626. The van der Waals surface area contributed by atoms with Gasteiger partial charge in [-0.25, -0.2) is 0 Å². The number of hydrogen-bond acceptors (Lipinski definition) is 2. The fourth-order valence-electron chi connectivity index (χ4n) is 3.83. The predicted octanol–water partition coefficient (Wildman–Crippen LogP) is 2.89. The third kappa shape index (κ3) is 2.17. The quantitative estimate of drug-likeness (QED) is 0.726. The third-order valence-electron chi connectivity index (χ3n) is 5.25. The van der Waals surface area contributed by atoms with Gasteiger partial charge in [0.15, 0.2) is 0 Å².